The molecule has 0 aromatic carbocycles. The van der Waals surface area contributed by atoms with Crippen molar-refractivity contribution in [3.8, 4) is 0 Å². The fraction of sp³-hybridized carbons (Fsp3) is 1.00. The Morgan fingerprint density at radius 3 is 1.43 bits per heavy atom. The first kappa shape index (κ1) is 20.9. The van der Waals surface area contributed by atoms with Crippen LogP contribution in [0.5, 0.6) is 0 Å². The Kier molecular flexibility index (Phi) is 6.13. The second-order valence-electron chi connectivity index (χ2n) is 3.91. The molecule has 14 heteroatoms. The van der Waals surface area contributed by atoms with Gasteiger partial charge in [-0.05, 0) is 26.8 Å². The Morgan fingerprint density at radius 1 is 0.952 bits per heavy atom. The second kappa shape index (κ2) is 6.17. The van der Waals surface area contributed by atoms with Crippen LogP contribution >= 0.6 is 8.07 Å². The molecule has 128 valence electrons. The summed E-state index contributed by atoms with van der Waals surface area (Å²) >= 11 is 0. The van der Waals surface area contributed by atoms with Crippen molar-refractivity contribution >= 4 is 28.1 Å². The number of halogens is 6. The van der Waals surface area contributed by atoms with E-state index in [1.807, 2.05) is 0 Å². The summed E-state index contributed by atoms with van der Waals surface area (Å²) in [5.41, 5.74) is -13.3. The van der Waals surface area contributed by atoms with Crippen LogP contribution < -0.4 is 0 Å². The van der Waals surface area contributed by atoms with Crippen molar-refractivity contribution in [2.45, 2.75) is 36.9 Å². The molecule has 0 aromatic heterocycles. The number of hydrogen-bond donors (Lipinski definition) is 0. The molecule has 0 aliphatic rings. The van der Waals surface area contributed by atoms with Crippen LogP contribution in [0.25, 0.3) is 0 Å². The van der Waals surface area contributed by atoms with Crippen molar-refractivity contribution in [1.82, 2.24) is 3.48 Å². The van der Waals surface area contributed by atoms with E-state index >= 15 is 0 Å². The number of nitrogens with zero attached hydrogens (tertiary/aromatic N) is 1. The van der Waals surface area contributed by atoms with Crippen molar-refractivity contribution in [1.29, 1.82) is 0 Å². The Bertz CT molecular complexity index is 525. The molecular formula is C7H12F6NO4PS2. The van der Waals surface area contributed by atoms with Crippen LogP contribution in [0, 0.1) is 0 Å². The van der Waals surface area contributed by atoms with Gasteiger partial charge in [-0.1, -0.05) is 17.3 Å². The van der Waals surface area contributed by atoms with Crippen LogP contribution in [0.4, 0.5) is 26.3 Å². The monoisotopic (exact) mass is 383 g/mol. The summed E-state index contributed by atoms with van der Waals surface area (Å²) in [6.45, 7) is 3.27. The molecule has 2 unspecified atom stereocenters. The Hall–Kier alpha value is -0.130. The highest BCUT2D eigenvalue weighted by atomic mass is 32.3. The highest BCUT2D eigenvalue weighted by molar-refractivity contribution is 8.11. The molecule has 0 saturated carbocycles. The number of alkyl halides is 6. The summed E-state index contributed by atoms with van der Waals surface area (Å²) in [7, 11) is -16.2. The van der Waals surface area contributed by atoms with Crippen LogP contribution in [-0.4, -0.2) is 43.7 Å². The van der Waals surface area contributed by atoms with Crippen molar-refractivity contribution in [2.24, 2.45) is 0 Å². The van der Waals surface area contributed by atoms with Crippen LogP contribution in [0.2, 0.25) is 0 Å². The van der Waals surface area contributed by atoms with Gasteiger partial charge in [0.15, 0.2) is 0 Å². The Labute approximate surface area is 119 Å². The quantitative estimate of drug-likeness (QED) is 0.541. The first-order chi connectivity index (χ1) is 9.01. The minimum absolute atomic E-state index is 0.000538. The highest BCUT2D eigenvalue weighted by Gasteiger charge is 2.63. The van der Waals surface area contributed by atoms with E-state index < -0.39 is 48.3 Å². The molecule has 0 aromatic rings. The van der Waals surface area contributed by atoms with Crippen LogP contribution in [0.1, 0.15) is 20.3 Å². The van der Waals surface area contributed by atoms with Gasteiger partial charge >= 0.3 is 31.1 Å². The summed E-state index contributed by atoms with van der Waals surface area (Å²) in [5.74, 6) is 0. The van der Waals surface area contributed by atoms with Gasteiger partial charge in [0, 0.05) is 0 Å². The summed E-state index contributed by atoms with van der Waals surface area (Å²) in [4.78, 5) is 0. The molecule has 0 fully saturated rings. The maximum absolute atomic E-state index is 12.5. The molecule has 0 amide bonds. The molecule has 0 aliphatic heterocycles. The van der Waals surface area contributed by atoms with Gasteiger partial charge in [-0.15, -0.1) is 0 Å². The molecule has 0 aliphatic carbocycles. The lowest BCUT2D eigenvalue weighted by Crippen LogP contribution is -2.47. The fourth-order valence-corrected chi connectivity index (χ4v) is 8.05. The van der Waals surface area contributed by atoms with E-state index in [1.54, 1.807) is 0 Å². The van der Waals surface area contributed by atoms with Gasteiger partial charge in [-0.2, -0.15) is 26.3 Å². The minimum Gasteiger partial charge on any atom is -0.201 e. The Morgan fingerprint density at radius 2 is 1.24 bits per heavy atom. The SMILES string of the molecule is CCC(C)P(C)N(S(=O)(=O)C(F)(F)F)S(=O)(=O)C(F)(F)F. The molecule has 0 N–H and O–H groups in total. The molecule has 2 atom stereocenters. The van der Waals surface area contributed by atoms with E-state index in [1.165, 1.54) is 6.92 Å². The lowest BCUT2D eigenvalue weighted by Gasteiger charge is -2.31. The lowest BCUT2D eigenvalue weighted by molar-refractivity contribution is -0.0505. The van der Waals surface area contributed by atoms with E-state index in [2.05, 4.69) is 0 Å². The van der Waals surface area contributed by atoms with E-state index in [4.69, 9.17) is 0 Å². The zero-order valence-electron chi connectivity index (χ0n) is 10.9. The predicted octanol–water partition coefficient (Wildman–Crippen LogP) is 2.81. The van der Waals surface area contributed by atoms with E-state index in [0.717, 1.165) is 13.6 Å². The average Bonchev–Trinajstić information content (AvgIpc) is 2.23. The highest BCUT2D eigenvalue weighted by Crippen LogP contribution is 2.52. The maximum atomic E-state index is 12.5. The molecule has 0 heterocycles. The number of sulfonamides is 2. The van der Waals surface area contributed by atoms with Crippen molar-refractivity contribution in [3.05, 3.63) is 0 Å². The van der Waals surface area contributed by atoms with Crippen LogP contribution in [-0.2, 0) is 20.0 Å². The standard InChI is InChI=1S/C7H12F6NO4PS2/c1-4-5(2)19(3)14(20(15,16)6(8,9)10)21(17,18)7(11,12)13/h5H,4H2,1-3H3. The molecule has 0 spiro atoms. The molecule has 21 heavy (non-hydrogen) atoms. The van der Waals surface area contributed by atoms with Crippen LogP contribution in [0.15, 0.2) is 0 Å². The third-order valence-electron chi connectivity index (χ3n) is 2.48. The van der Waals surface area contributed by atoms with Gasteiger partial charge < -0.3 is 0 Å². The van der Waals surface area contributed by atoms with E-state index in [-0.39, 0.29) is 6.42 Å². The van der Waals surface area contributed by atoms with E-state index in [0.29, 0.717) is 0 Å². The topological polar surface area (TPSA) is 71.5 Å². The zero-order chi connectivity index (χ0) is 17.4. The molecule has 0 rings (SSSR count). The molecule has 0 saturated heterocycles. The minimum atomic E-state index is -6.68. The van der Waals surface area contributed by atoms with Gasteiger partial charge in [-0.3, -0.25) is 0 Å². The number of rotatable bonds is 5. The predicted molar refractivity (Wildman–Crippen MR) is 64.4 cm³/mol. The van der Waals surface area contributed by atoms with Crippen molar-refractivity contribution in [2.75, 3.05) is 6.66 Å². The molecular weight excluding hydrogens is 371 g/mol. The normalized spacial score (nSPS) is 17.8. The zero-order valence-corrected chi connectivity index (χ0v) is 13.4. The molecule has 0 radical (unpaired) electrons. The van der Waals surface area contributed by atoms with Crippen LogP contribution in [0.3, 0.4) is 0 Å². The van der Waals surface area contributed by atoms with Crippen molar-refractivity contribution < 1.29 is 43.2 Å². The fourth-order valence-electron chi connectivity index (χ4n) is 1.07. The lowest BCUT2D eigenvalue weighted by atomic mass is 10.4. The van der Waals surface area contributed by atoms with Crippen molar-refractivity contribution in [3.63, 3.8) is 0 Å². The first-order valence-corrected chi connectivity index (χ1v) is 9.86. The third-order valence-corrected chi connectivity index (χ3v) is 10.6. The smallest absolute Gasteiger partial charge is 0.201 e. The number of hydrogen-bond acceptors (Lipinski definition) is 4. The van der Waals surface area contributed by atoms with Gasteiger partial charge in [-0.25, -0.2) is 16.8 Å². The Balaban J connectivity index is 6.36. The van der Waals surface area contributed by atoms with E-state index in [9.17, 15) is 43.2 Å². The summed E-state index contributed by atoms with van der Waals surface area (Å²) in [6, 6.07) is 0. The summed E-state index contributed by atoms with van der Waals surface area (Å²) in [5, 5.41) is 0. The average molecular weight is 383 g/mol. The third kappa shape index (κ3) is 3.99. The largest absolute Gasteiger partial charge is 0.512 e. The van der Waals surface area contributed by atoms with Gasteiger partial charge in [0.1, 0.15) is 0 Å². The maximum Gasteiger partial charge on any atom is 0.512 e. The van der Waals surface area contributed by atoms with Gasteiger partial charge in [0.2, 0.25) is 0 Å². The summed E-state index contributed by atoms with van der Waals surface area (Å²) < 4.78 is 118. The first-order valence-electron chi connectivity index (χ1n) is 5.17. The van der Waals surface area contributed by atoms with Gasteiger partial charge in [0.25, 0.3) is 0 Å². The summed E-state index contributed by atoms with van der Waals surface area (Å²) in [6.07, 6.45) is -0.000538. The second-order valence-corrected chi connectivity index (χ2v) is 10.7. The molecule has 0 bridgehead atoms. The van der Waals surface area contributed by atoms with Gasteiger partial charge in [0.05, 0.1) is 0 Å². The molecule has 5 nitrogen and oxygen atoms in total.